The van der Waals surface area contributed by atoms with Gasteiger partial charge in [0.1, 0.15) is 11.5 Å². The Morgan fingerprint density at radius 2 is 2.00 bits per heavy atom. The number of anilines is 2. The number of nitrogens with two attached hydrogens (primary N) is 1. The smallest absolute Gasteiger partial charge is 0.227 e. The van der Waals surface area contributed by atoms with Crippen LogP contribution in [0.5, 0.6) is 11.5 Å². The highest BCUT2D eigenvalue weighted by atomic mass is 127. The van der Waals surface area contributed by atoms with Crippen molar-refractivity contribution < 1.29 is 14.3 Å². The third-order valence-corrected chi connectivity index (χ3v) is 4.69. The Bertz CT molecular complexity index is 873. The molecule has 2 aromatic rings. The minimum absolute atomic E-state index is 0. The molecule has 0 saturated carbocycles. The number of methoxy groups -OCH3 is 2. The van der Waals surface area contributed by atoms with Gasteiger partial charge in [0.2, 0.25) is 5.91 Å². The summed E-state index contributed by atoms with van der Waals surface area (Å²) in [4.78, 5) is 18.7. The van der Waals surface area contributed by atoms with E-state index >= 15 is 0 Å². The maximum atomic E-state index is 12.5. The molecule has 0 aromatic heterocycles. The fraction of sp³-hybridized carbons (Fsp3) is 0.333. The van der Waals surface area contributed by atoms with Crippen LogP contribution in [0.2, 0.25) is 0 Å². The first-order valence-corrected chi connectivity index (χ1v) is 9.29. The van der Waals surface area contributed by atoms with E-state index in [2.05, 4.69) is 16.4 Å². The first-order valence-electron chi connectivity index (χ1n) is 9.29. The third-order valence-electron chi connectivity index (χ3n) is 4.69. The lowest BCUT2D eigenvalue weighted by atomic mass is 10.2. The van der Waals surface area contributed by atoms with Crippen molar-refractivity contribution in [2.45, 2.75) is 19.3 Å². The number of benzene rings is 2. The molecular weight excluding hydrogens is 483 g/mol. The van der Waals surface area contributed by atoms with Gasteiger partial charge >= 0.3 is 0 Å². The average Bonchev–Trinajstić information content (AvgIpc) is 3.15. The zero-order chi connectivity index (χ0) is 19.9. The fourth-order valence-corrected chi connectivity index (χ4v) is 3.25. The van der Waals surface area contributed by atoms with E-state index in [1.54, 1.807) is 32.4 Å². The van der Waals surface area contributed by atoms with Crippen molar-refractivity contribution in [3.63, 3.8) is 0 Å². The number of halogens is 1. The van der Waals surface area contributed by atoms with E-state index < -0.39 is 0 Å². The topological polar surface area (TPSA) is 89.2 Å². The van der Waals surface area contributed by atoms with Gasteiger partial charge < -0.3 is 25.4 Å². The monoisotopic (exact) mass is 510 g/mol. The lowest BCUT2D eigenvalue weighted by molar-refractivity contribution is -0.118. The number of ether oxygens (including phenoxy) is 2. The fourth-order valence-electron chi connectivity index (χ4n) is 3.25. The van der Waals surface area contributed by atoms with Crippen LogP contribution in [0.3, 0.4) is 0 Å². The Hall–Kier alpha value is -2.49. The van der Waals surface area contributed by atoms with Gasteiger partial charge in [-0.1, -0.05) is 18.2 Å². The molecule has 3 N–H and O–H groups in total. The van der Waals surface area contributed by atoms with Crippen LogP contribution in [-0.4, -0.2) is 39.2 Å². The van der Waals surface area contributed by atoms with E-state index in [9.17, 15) is 4.79 Å². The van der Waals surface area contributed by atoms with Gasteiger partial charge in [0, 0.05) is 31.3 Å². The van der Waals surface area contributed by atoms with Crippen LogP contribution in [0.4, 0.5) is 11.4 Å². The van der Waals surface area contributed by atoms with Gasteiger partial charge in [0.15, 0.2) is 5.96 Å². The van der Waals surface area contributed by atoms with Gasteiger partial charge in [-0.15, -0.1) is 24.0 Å². The molecule has 29 heavy (non-hydrogen) atoms. The zero-order valence-corrected chi connectivity index (χ0v) is 19.0. The summed E-state index contributed by atoms with van der Waals surface area (Å²) in [6.45, 7) is 1.22. The van der Waals surface area contributed by atoms with Gasteiger partial charge in [-0.2, -0.15) is 0 Å². The van der Waals surface area contributed by atoms with Crippen molar-refractivity contribution in [3.8, 4) is 11.5 Å². The highest BCUT2D eigenvalue weighted by Crippen LogP contribution is 2.29. The molecular formula is C21H27IN4O3. The Morgan fingerprint density at radius 1 is 1.21 bits per heavy atom. The van der Waals surface area contributed by atoms with Gasteiger partial charge in [-0.3, -0.25) is 9.79 Å². The molecule has 3 rings (SSSR count). The van der Waals surface area contributed by atoms with Crippen LogP contribution in [0, 0.1) is 0 Å². The number of para-hydroxylation sites is 1. The molecule has 0 radical (unpaired) electrons. The number of hydrogen-bond acceptors (Lipinski definition) is 4. The van der Waals surface area contributed by atoms with E-state index in [1.165, 1.54) is 5.56 Å². The summed E-state index contributed by atoms with van der Waals surface area (Å²) in [5.41, 5.74) is 8.91. The van der Waals surface area contributed by atoms with Gasteiger partial charge in [-0.25, -0.2) is 0 Å². The molecule has 1 amide bonds. The number of fused-ring (bicyclic) bond motifs is 1. The predicted octanol–water partition coefficient (Wildman–Crippen LogP) is 3.42. The molecule has 0 atom stereocenters. The van der Waals surface area contributed by atoms with Crippen molar-refractivity contribution in [2.24, 2.45) is 10.7 Å². The molecule has 7 nitrogen and oxygen atoms in total. The molecule has 0 spiro atoms. The maximum absolute atomic E-state index is 12.5. The molecule has 8 heteroatoms. The number of carbonyl (C=O) groups excluding carboxylic acids is 1. The van der Waals surface area contributed by atoms with Gasteiger partial charge in [-0.05, 0) is 36.6 Å². The number of amides is 1. The quantitative estimate of drug-likeness (QED) is 0.258. The number of aliphatic imine (C=N–C) groups is 1. The number of rotatable bonds is 7. The second-order valence-corrected chi connectivity index (χ2v) is 6.49. The standard InChI is InChI=1S/C21H26N4O3.HI/c1-27-16-9-10-19(28-2)17(14-16)24-21(22)23-12-5-8-20(26)25-13-11-15-6-3-4-7-18(15)25;/h3-4,6-7,9-10,14H,5,8,11-13H2,1-2H3,(H3,22,23,24);1H. The van der Waals surface area contributed by atoms with E-state index in [4.69, 9.17) is 15.2 Å². The summed E-state index contributed by atoms with van der Waals surface area (Å²) in [5.74, 6) is 1.72. The van der Waals surface area contributed by atoms with Crippen molar-refractivity contribution in [1.82, 2.24) is 0 Å². The lowest BCUT2D eigenvalue weighted by Gasteiger charge is -2.17. The van der Waals surface area contributed by atoms with Crippen LogP contribution in [0.25, 0.3) is 0 Å². The number of nitrogens with one attached hydrogen (secondary N) is 1. The summed E-state index contributed by atoms with van der Waals surface area (Å²) in [6, 6.07) is 13.4. The summed E-state index contributed by atoms with van der Waals surface area (Å²) >= 11 is 0. The predicted molar refractivity (Wildman–Crippen MR) is 127 cm³/mol. The third kappa shape index (κ3) is 5.75. The van der Waals surface area contributed by atoms with E-state index in [0.717, 1.165) is 18.7 Å². The summed E-state index contributed by atoms with van der Waals surface area (Å²) < 4.78 is 10.5. The minimum atomic E-state index is 0. The Morgan fingerprint density at radius 3 is 2.76 bits per heavy atom. The Labute approximate surface area is 188 Å². The molecule has 0 fully saturated rings. The maximum Gasteiger partial charge on any atom is 0.227 e. The van der Waals surface area contributed by atoms with Crippen LogP contribution in [0.15, 0.2) is 47.5 Å². The second-order valence-electron chi connectivity index (χ2n) is 6.49. The lowest BCUT2D eigenvalue weighted by Crippen LogP contribution is -2.28. The first kappa shape index (κ1) is 22.8. The Balaban J connectivity index is 0.00000300. The van der Waals surface area contributed by atoms with Crippen molar-refractivity contribution in [2.75, 3.05) is 37.5 Å². The molecule has 1 aliphatic heterocycles. The summed E-state index contributed by atoms with van der Waals surface area (Å²) in [6.07, 6.45) is 1.99. The van der Waals surface area contributed by atoms with Gasteiger partial charge in [0.05, 0.1) is 19.9 Å². The van der Waals surface area contributed by atoms with E-state index in [0.29, 0.717) is 36.6 Å². The molecule has 0 aliphatic carbocycles. The first-order chi connectivity index (χ1) is 13.6. The molecule has 1 aliphatic rings. The normalized spacial score (nSPS) is 12.8. The van der Waals surface area contributed by atoms with Crippen molar-refractivity contribution in [3.05, 3.63) is 48.0 Å². The van der Waals surface area contributed by atoms with Crippen LogP contribution < -0.4 is 25.4 Å². The number of carbonyl (C=O) groups is 1. The van der Waals surface area contributed by atoms with Crippen LogP contribution in [0.1, 0.15) is 18.4 Å². The van der Waals surface area contributed by atoms with Crippen LogP contribution >= 0.6 is 24.0 Å². The van der Waals surface area contributed by atoms with Crippen LogP contribution in [-0.2, 0) is 11.2 Å². The molecule has 156 valence electrons. The summed E-state index contributed by atoms with van der Waals surface area (Å²) in [5, 5.41) is 3.02. The van der Waals surface area contributed by atoms with Gasteiger partial charge in [0.25, 0.3) is 0 Å². The highest BCUT2D eigenvalue weighted by Gasteiger charge is 2.23. The average molecular weight is 510 g/mol. The summed E-state index contributed by atoms with van der Waals surface area (Å²) in [7, 11) is 3.18. The second kappa shape index (κ2) is 10.9. The molecule has 0 saturated heterocycles. The Kier molecular flexibility index (Phi) is 8.56. The number of hydrogen-bond donors (Lipinski definition) is 2. The zero-order valence-electron chi connectivity index (χ0n) is 16.7. The van der Waals surface area contributed by atoms with Crippen molar-refractivity contribution in [1.29, 1.82) is 0 Å². The highest BCUT2D eigenvalue weighted by molar-refractivity contribution is 14.0. The molecule has 1 heterocycles. The van der Waals surface area contributed by atoms with E-state index in [1.807, 2.05) is 23.1 Å². The SMILES string of the molecule is COc1ccc(OC)c(NC(N)=NCCCC(=O)N2CCc3ccccc32)c1.I. The number of guanidine groups is 1. The van der Waals surface area contributed by atoms with Crippen molar-refractivity contribution >= 4 is 47.2 Å². The minimum Gasteiger partial charge on any atom is -0.497 e. The van der Waals surface area contributed by atoms with E-state index in [-0.39, 0.29) is 35.8 Å². The molecule has 0 unspecified atom stereocenters. The number of nitrogens with zero attached hydrogens (tertiary/aromatic N) is 2. The molecule has 2 aromatic carbocycles. The largest absolute Gasteiger partial charge is 0.497 e. The molecule has 0 bridgehead atoms.